The zero-order chi connectivity index (χ0) is 26.5. The third-order valence-corrected chi connectivity index (χ3v) is 6.54. The average molecular weight is 531 g/mol. The van der Waals surface area contributed by atoms with Crippen LogP contribution >= 0.6 is 11.6 Å². The maximum Gasteiger partial charge on any atom is 0.252 e. The van der Waals surface area contributed by atoms with Gasteiger partial charge in [-0.15, -0.1) is 5.10 Å². The molecule has 0 aliphatic carbocycles. The average Bonchev–Trinajstić information content (AvgIpc) is 3.36. The summed E-state index contributed by atoms with van der Waals surface area (Å²) in [6.07, 6.45) is 0. The third kappa shape index (κ3) is 5.85. The number of hydrogen-bond donors (Lipinski definition) is 1. The Morgan fingerprint density at radius 3 is 2.37 bits per heavy atom. The van der Waals surface area contributed by atoms with Crippen molar-refractivity contribution in [2.75, 3.05) is 14.2 Å². The van der Waals surface area contributed by atoms with Gasteiger partial charge in [-0.25, -0.2) is 4.68 Å². The van der Waals surface area contributed by atoms with Gasteiger partial charge in [-0.3, -0.25) is 9.69 Å². The Labute approximate surface area is 224 Å². The van der Waals surface area contributed by atoms with Gasteiger partial charge in [0.1, 0.15) is 0 Å². The molecule has 38 heavy (non-hydrogen) atoms. The summed E-state index contributed by atoms with van der Waals surface area (Å²) in [5.74, 6) is 1.85. The van der Waals surface area contributed by atoms with Gasteiger partial charge < -0.3 is 14.5 Å². The van der Waals surface area contributed by atoms with E-state index in [-0.39, 0.29) is 5.56 Å². The van der Waals surface area contributed by atoms with Gasteiger partial charge in [0.2, 0.25) is 0 Å². The molecule has 2 heterocycles. The standard InChI is InChI=1S/C28H27ClN6O3/c1-37-25-13-21-12-22(28(36)30-24(21)14-26(25)38-2)17-34(15-20-8-10-23(29)11-9-20)18-27-31-32-33-35(27)16-19-6-4-3-5-7-19/h3-14H,15-18H2,1-2H3,(H,30,36). The second kappa shape index (κ2) is 11.5. The minimum atomic E-state index is -0.172. The zero-order valence-electron chi connectivity index (χ0n) is 21.1. The second-order valence-electron chi connectivity index (χ2n) is 8.93. The molecule has 0 radical (unpaired) electrons. The first-order valence-electron chi connectivity index (χ1n) is 12.1. The van der Waals surface area contributed by atoms with Crippen LogP contribution in [-0.2, 0) is 26.2 Å². The molecule has 10 heteroatoms. The maximum absolute atomic E-state index is 13.1. The quantitative estimate of drug-likeness (QED) is 0.285. The van der Waals surface area contributed by atoms with E-state index in [0.29, 0.717) is 59.6 Å². The summed E-state index contributed by atoms with van der Waals surface area (Å²) >= 11 is 6.11. The van der Waals surface area contributed by atoms with Crippen molar-refractivity contribution in [1.29, 1.82) is 0 Å². The molecule has 194 valence electrons. The number of aromatic nitrogens is 5. The number of halogens is 1. The number of benzene rings is 3. The van der Waals surface area contributed by atoms with Gasteiger partial charge in [-0.05, 0) is 45.8 Å². The van der Waals surface area contributed by atoms with Crippen molar-refractivity contribution in [3.63, 3.8) is 0 Å². The second-order valence-corrected chi connectivity index (χ2v) is 9.36. The van der Waals surface area contributed by atoms with Gasteiger partial charge in [0.25, 0.3) is 5.56 Å². The fourth-order valence-electron chi connectivity index (χ4n) is 4.37. The number of methoxy groups -OCH3 is 2. The van der Waals surface area contributed by atoms with E-state index in [9.17, 15) is 4.79 Å². The van der Waals surface area contributed by atoms with Gasteiger partial charge in [0.15, 0.2) is 17.3 Å². The molecule has 2 aromatic heterocycles. The third-order valence-electron chi connectivity index (χ3n) is 6.28. The van der Waals surface area contributed by atoms with Crippen LogP contribution in [0.25, 0.3) is 10.9 Å². The highest BCUT2D eigenvalue weighted by Gasteiger charge is 2.17. The van der Waals surface area contributed by atoms with Crippen molar-refractivity contribution in [2.45, 2.75) is 26.2 Å². The molecule has 0 fully saturated rings. The van der Waals surface area contributed by atoms with Crippen LogP contribution in [0, 0.1) is 0 Å². The molecule has 3 aromatic carbocycles. The van der Waals surface area contributed by atoms with Crippen molar-refractivity contribution in [3.8, 4) is 11.5 Å². The van der Waals surface area contributed by atoms with E-state index >= 15 is 0 Å². The summed E-state index contributed by atoms with van der Waals surface area (Å²) in [5, 5.41) is 13.9. The van der Waals surface area contributed by atoms with Gasteiger partial charge in [0.05, 0.1) is 32.8 Å². The minimum Gasteiger partial charge on any atom is -0.493 e. The number of hydrogen-bond acceptors (Lipinski definition) is 7. The number of aromatic amines is 1. The molecule has 9 nitrogen and oxygen atoms in total. The monoisotopic (exact) mass is 530 g/mol. The number of fused-ring (bicyclic) bond motifs is 1. The molecule has 5 aromatic rings. The number of pyridine rings is 1. The number of nitrogens with zero attached hydrogens (tertiary/aromatic N) is 5. The molecule has 0 aliphatic heterocycles. The minimum absolute atomic E-state index is 0.172. The van der Waals surface area contributed by atoms with E-state index in [1.807, 2.05) is 66.7 Å². The van der Waals surface area contributed by atoms with E-state index in [1.54, 1.807) is 25.0 Å². The fourth-order valence-corrected chi connectivity index (χ4v) is 4.49. The van der Waals surface area contributed by atoms with Crippen molar-refractivity contribution in [3.05, 3.63) is 111 Å². The highest BCUT2D eigenvalue weighted by atomic mass is 35.5. The summed E-state index contributed by atoms with van der Waals surface area (Å²) in [4.78, 5) is 18.2. The molecular formula is C28H27ClN6O3. The zero-order valence-corrected chi connectivity index (χ0v) is 21.9. The van der Waals surface area contributed by atoms with E-state index in [0.717, 1.165) is 16.5 Å². The van der Waals surface area contributed by atoms with E-state index in [4.69, 9.17) is 21.1 Å². The van der Waals surface area contributed by atoms with Gasteiger partial charge in [-0.1, -0.05) is 54.1 Å². The first-order valence-corrected chi connectivity index (χ1v) is 12.4. The SMILES string of the molecule is COc1cc2cc(CN(Cc3ccc(Cl)cc3)Cc3nnnn3Cc3ccccc3)c(=O)[nH]c2cc1OC. The largest absolute Gasteiger partial charge is 0.493 e. The number of tetrazole rings is 1. The number of ether oxygens (including phenoxy) is 2. The van der Waals surface area contributed by atoms with E-state index in [1.165, 1.54) is 0 Å². The molecule has 0 aliphatic rings. The maximum atomic E-state index is 13.1. The van der Waals surface area contributed by atoms with Crippen LogP contribution < -0.4 is 15.0 Å². The van der Waals surface area contributed by atoms with E-state index < -0.39 is 0 Å². The Hall–Kier alpha value is -4.21. The number of rotatable bonds is 10. The molecule has 0 spiro atoms. The Bertz CT molecular complexity index is 1580. The summed E-state index contributed by atoms with van der Waals surface area (Å²) in [6.45, 7) is 1.93. The van der Waals surface area contributed by atoms with Crippen molar-refractivity contribution in [2.24, 2.45) is 0 Å². The summed E-state index contributed by atoms with van der Waals surface area (Å²) in [7, 11) is 3.15. The van der Waals surface area contributed by atoms with Crippen LogP contribution in [0.2, 0.25) is 5.02 Å². The Balaban J connectivity index is 1.46. The summed E-state index contributed by atoms with van der Waals surface area (Å²) < 4.78 is 12.6. The predicted octanol–water partition coefficient (Wildman–Crippen LogP) is 4.44. The van der Waals surface area contributed by atoms with Crippen LogP contribution in [0.1, 0.15) is 22.5 Å². The normalized spacial score (nSPS) is 11.3. The van der Waals surface area contributed by atoms with Crippen LogP contribution in [0.4, 0.5) is 0 Å². The molecule has 1 N–H and O–H groups in total. The molecule has 0 bridgehead atoms. The van der Waals surface area contributed by atoms with Crippen molar-refractivity contribution >= 4 is 22.5 Å². The van der Waals surface area contributed by atoms with Crippen LogP contribution in [0.3, 0.4) is 0 Å². The first-order chi connectivity index (χ1) is 18.5. The lowest BCUT2D eigenvalue weighted by Gasteiger charge is -2.22. The van der Waals surface area contributed by atoms with Gasteiger partial charge in [0, 0.05) is 35.1 Å². The molecule has 0 saturated heterocycles. The van der Waals surface area contributed by atoms with Crippen LogP contribution in [0.5, 0.6) is 11.5 Å². The molecule has 0 amide bonds. The molecular weight excluding hydrogens is 504 g/mol. The van der Waals surface area contributed by atoms with E-state index in [2.05, 4.69) is 25.4 Å². The topological polar surface area (TPSA) is 98.2 Å². The predicted molar refractivity (Wildman–Crippen MR) is 145 cm³/mol. The smallest absolute Gasteiger partial charge is 0.252 e. The molecule has 5 rings (SSSR count). The fraction of sp³-hybridized carbons (Fsp3) is 0.214. The summed E-state index contributed by atoms with van der Waals surface area (Å²) in [6, 6.07) is 23.2. The van der Waals surface area contributed by atoms with Crippen molar-refractivity contribution < 1.29 is 9.47 Å². The number of H-pyrrole nitrogens is 1. The molecule has 0 atom stereocenters. The Kier molecular flexibility index (Phi) is 7.67. The first kappa shape index (κ1) is 25.4. The Morgan fingerprint density at radius 1 is 0.895 bits per heavy atom. The summed E-state index contributed by atoms with van der Waals surface area (Å²) in [5.41, 5.74) is 3.27. The van der Waals surface area contributed by atoms with Crippen LogP contribution in [0.15, 0.2) is 77.6 Å². The van der Waals surface area contributed by atoms with Crippen molar-refractivity contribution in [1.82, 2.24) is 30.1 Å². The highest BCUT2D eigenvalue weighted by molar-refractivity contribution is 6.30. The van der Waals surface area contributed by atoms with Gasteiger partial charge >= 0.3 is 0 Å². The Morgan fingerprint density at radius 2 is 1.63 bits per heavy atom. The lowest BCUT2D eigenvalue weighted by molar-refractivity contribution is 0.236. The number of nitrogens with one attached hydrogen (secondary N) is 1. The van der Waals surface area contributed by atoms with Gasteiger partial charge in [-0.2, -0.15) is 0 Å². The highest BCUT2D eigenvalue weighted by Crippen LogP contribution is 2.31. The van der Waals surface area contributed by atoms with Crippen LogP contribution in [-0.4, -0.2) is 44.3 Å². The molecule has 0 unspecified atom stereocenters. The lowest BCUT2D eigenvalue weighted by Crippen LogP contribution is -2.28. The lowest BCUT2D eigenvalue weighted by atomic mass is 10.1. The molecule has 0 saturated carbocycles.